The molecule has 1 aliphatic heterocycles. The van der Waals surface area contributed by atoms with E-state index in [1.807, 2.05) is 0 Å². The van der Waals surface area contributed by atoms with E-state index in [0.29, 0.717) is 42.7 Å². The van der Waals surface area contributed by atoms with Gasteiger partial charge >= 0.3 is 0 Å². The molecule has 26 heavy (non-hydrogen) atoms. The Kier molecular flexibility index (Phi) is 9.72. The standard InChI is InChI=1S/C17H24ClN3O4.ClH/c1-24-8-7-19-5-6-20-17(23)12-9-16(22)21(11-12)14-10-13(18)3-4-15(14)25-2;/h3-4,10,12,19H,5-9,11H2,1-2H3,(H,20,23);1H. The normalized spacial score (nSPS) is 16.3. The van der Waals surface area contributed by atoms with E-state index in [1.165, 1.54) is 7.11 Å². The van der Waals surface area contributed by atoms with Crippen LogP contribution in [0.2, 0.25) is 5.02 Å². The minimum atomic E-state index is -0.379. The lowest BCUT2D eigenvalue weighted by Crippen LogP contribution is -2.37. The number of ether oxygens (including phenoxy) is 2. The lowest BCUT2D eigenvalue weighted by Gasteiger charge is -2.20. The number of methoxy groups -OCH3 is 2. The van der Waals surface area contributed by atoms with Crippen molar-refractivity contribution in [3.05, 3.63) is 23.2 Å². The number of carbonyl (C=O) groups is 2. The molecule has 0 spiro atoms. The number of anilines is 1. The third-order valence-electron chi connectivity index (χ3n) is 4.01. The smallest absolute Gasteiger partial charge is 0.227 e. The van der Waals surface area contributed by atoms with Crippen LogP contribution in [0.1, 0.15) is 6.42 Å². The highest BCUT2D eigenvalue weighted by Crippen LogP contribution is 2.35. The van der Waals surface area contributed by atoms with Crippen LogP contribution in [0.3, 0.4) is 0 Å². The maximum Gasteiger partial charge on any atom is 0.227 e. The first-order valence-corrected chi connectivity index (χ1v) is 8.56. The number of nitrogens with zero attached hydrogens (tertiary/aromatic N) is 1. The predicted molar refractivity (Wildman–Crippen MR) is 103 cm³/mol. The van der Waals surface area contributed by atoms with Crippen molar-refractivity contribution in [2.24, 2.45) is 5.92 Å². The highest BCUT2D eigenvalue weighted by Gasteiger charge is 2.36. The van der Waals surface area contributed by atoms with E-state index in [2.05, 4.69) is 10.6 Å². The molecule has 1 aliphatic rings. The van der Waals surface area contributed by atoms with Gasteiger partial charge in [0.15, 0.2) is 0 Å². The fraction of sp³-hybridized carbons (Fsp3) is 0.529. The molecule has 0 aliphatic carbocycles. The molecule has 0 saturated carbocycles. The fourth-order valence-corrected chi connectivity index (χ4v) is 2.87. The van der Waals surface area contributed by atoms with Crippen LogP contribution < -0.4 is 20.3 Å². The Balaban J connectivity index is 0.00000338. The molecule has 0 radical (unpaired) electrons. The minimum absolute atomic E-state index is 0. The number of carbonyl (C=O) groups excluding carboxylic acids is 2. The van der Waals surface area contributed by atoms with Gasteiger partial charge in [0.05, 0.1) is 25.3 Å². The Labute approximate surface area is 164 Å². The summed E-state index contributed by atoms with van der Waals surface area (Å²) < 4.78 is 10.2. The SMILES string of the molecule is COCCNCCNC(=O)C1CC(=O)N(c2cc(Cl)ccc2OC)C1.Cl. The summed E-state index contributed by atoms with van der Waals surface area (Å²) >= 11 is 6.03. The van der Waals surface area contributed by atoms with Crippen molar-refractivity contribution in [2.75, 3.05) is 51.9 Å². The first-order chi connectivity index (χ1) is 12.1. The first-order valence-electron chi connectivity index (χ1n) is 8.18. The summed E-state index contributed by atoms with van der Waals surface area (Å²) in [4.78, 5) is 26.2. The van der Waals surface area contributed by atoms with Crippen molar-refractivity contribution in [1.29, 1.82) is 0 Å². The van der Waals surface area contributed by atoms with Crippen molar-refractivity contribution in [3.63, 3.8) is 0 Å². The molecular weight excluding hydrogens is 381 g/mol. The number of halogens is 2. The van der Waals surface area contributed by atoms with E-state index >= 15 is 0 Å². The van der Waals surface area contributed by atoms with Crippen LogP contribution in [0, 0.1) is 5.92 Å². The topological polar surface area (TPSA) is 79.9 Å². The van der Waals surface area contributed by atoms with E-state index in [0.717, 1.165) is 6.54 Å². The Morgan fingerprint density at radius 3 is 2.77 bits per heavy atom. The van der Waals surface area contributed by atoms with Gasteiger partial charge < -0.3 is 25.0 Å². The van der Waals surface area contributed by atoms with Crippen molar-refractivity contribution in [3.8, 4) is 5.75 Å². The van der Waals surface area contributed by atoms with Crippen molar-refractivity contribution >= 4 is 41.5 Å². The lowest BCUT2D eigenvalue weighted by atomic mass is 10.1. The Morgan fingerprint density at radius 2 is 2.08 bits per heavy atom. The second-order valence-corrected chi connectivity index (χ2v) is 6.19. The molecule has 1 saturated heterocycles. The zero-order valence-electron chi connectivity index (χ0n) is 14.9. The second-order valence-electron chi connectivity index (χ2n) is 5.76. The highest BCUT2D eigenvalue weighted by molar-refractivity contribution is 6.31. The number of hydrogen-bond acceptors (Lipinski definition) is 5. The summed E-state index contributed by atoms with van der Waals surface area (Å²) in [7, 11) is 3.18. The molecule has 2 N–H and O–H groups in total. The van der Waals surface area contributed by atoms with Crippen LogP contribution in [0.25, 0.3) is 0 Å². The van der Waals surface area contributed by atoms with Crippen LogP contribution in [-0.2, 0) is 14.3 Å². The van der Waals surface area contributed by atoms with E-state index in [1.54, 1.807) is 30.2 Å². The van der Waals surface area contributed by atoms with E-state index in [4.69, 9.17) is 21.1 Å². The van der Waals surface area contributed by atoms with Gasteiger partial charge in [0.2, 0.25) is 11.8 Å². The van der Waals surface area contributed by atoms with Crippen LogP contribution in [-0.4, -0.2) is 58.8 Å². The average Bonchev–Trinajstić information content (AvgIpc) is 2.99. The molecule has 0 aromatic heterocycles. The van der Waals surface area contributed by atoms with Crippen molar-refractivity contribution in [2.45, 2.75) is 6.42 Å². The van der Waals surface area contributed by atoms with Crippen molar-refractivity contribution in [1.82, 2.24) is 10.6 Å². The molecule has 1 fully saturated rings. The van der Waals surface area contributed by atoms with Gasteiger partial charge in [0.1, 0.15) is 5.75 Å². The van der Waals surface area contributed by atoms with Gasteiger partial charge in [-0.2, -0.15) is 0 Å². The Hall–Kier alpha value is -1.54. The van der Waals surface area contributed by atoms with Crippen LogP contribution in [0.15, 0.2) is 18.2 Å². The zero-order valence-corrected chi connectivity index (χ0v) is 16.5. The predicted octanol–water partition coefficient (Wildman–Crippen LogP) is 1.48. The number of amides is 2. The quantitative estimate of drug-likeness (QED) is 0.608. The van der Waals surface area contributed by atoms with Gasteiger partial charge in [-0.1, -0.05) is 11.6 Å². The molecule has 1 atom stereocenters. The summed E-state index contributed by atoms with van der Waals surface area (Å²) in [6.07, 6.45) is 0.179. The van der Waals surface area contributed by atoms with Crippen molar-refractivity contribution < 1.29 is 19.1 Å². The second kappa shape index (κ2) is 11.2. The molecule has 1 heterocycles. The van der Waals surface area contributed by atoms with E-state index in [9.17, 15) is 9.59 Å². The van der Waals surface area contributed by atoms with Crippen LogP contribution >= 0.6 is 24.0 Å². The molecule has 7 nitrogen and oxygen atoms in total. The lowest BCUT2D eigenvalue weighted by molar-refractivity contribution is -0.126. The molecule has 0 bridgehead atoms. The van der Waals surface area contributed by atoms with Gasteiger partial charge in [-0.15, -0.1) is 12.4 Å². The number of benzene rings is 1. The molecule has 9 heteroatoms. The third-order valence-corrected chi connectivity index (χ3v) is 4.25. The average molecular weight is 406 g/mol. The fourth-order valence-electron chi connectivity index (χ4n) is 2.71. The largest absolute Gasteiger partial charge is 0.495 e. The molecule has 1 unspecified atom stereocenters. The molecular formula is C17H25Cl2N3O4. The third kappa shape index (κ3) is 6.02. The van der Waals surface area contributed by atoms with E-state index < -0.39 is 0 Å². The Bertz CT molecular complexity index is 616. The maximum absolute atomic E-state index is 12.3. The van der Waals surface area contributed by atoms with Crippen LogP contribution in [0.5, 0.6) is 5.75 Å². The van der Waals surface area contributed by atoms with Gasteiger partial charge in [-0.25, -0.2) is 0 Å². The summed E-state index contributed by atoms with van der Waals surface area (Å²) in [5.41, 5.74) is 0.594. The summed E-state index contributed by atoms with van der Waals surface area (Å²) in [6.45, 7) is 2.84. The van der Waals surface area contributed by atoms with Crippen LogP contribution in [0.4, 0.5) is 5.69 Å². The zero-order chi connectivity index (χ0) is 18.2. The summed E-state index contributed by atoms with van der Waals surface area (Å²) in [6, 6.07) is 5.09. The molecule has 2 amide bonds. The Morgan fingerprint density at radius 1 is 1.31 bits per heavy atom. The summed E-state index contributed by atoms with van der Waals surface area (Å²) in [5, 5.41) is 6.52. The molecule has 146 valence electrons. The first kappa shape index (κ1) is 22.5. The monoisotopic (exact) mass is 405 g/mol. The number of rotatable bonds is 9. The number of hydrogen-bond donors (Lipinski definition) is 2. The highest BCUT2D eigenvalue weighted by atomic mass is 35.5. The van der Waals surface area contributed by atoms with Gasteiger partial charge in [0.25, 0.3) is 0 Å². The molecule has 2 rings (SSSR count). The van der Waals surface area contributed by atoms with Gasteiger partial charge in [0, 0.05) is 44.7 Å². The molecule has 1 aromatic carbocycles. The molecule has 1 aromatic rings. The summed E-state index contributed by atoms with van der Waals surface area (Å²) in [5.74, 6) is -0.0550. The van der Waals surface area contributed by atoms with Gasteiger partial charge in [-0.3, -0.25) is 9.59 Å². The van der Waals surface area contributed by atoms with Gasteiger partial charge in [-0.05, 0) is 18.2 Å². The number of nitrogens with one attached hydrogen (secondary N) is 2. The van der Waals surface area contributed by atoms with E-state index in [-0.39, 0.29) is 36.6 Å². The minimum Gasteiger partial charge on any atom is -0.495 e. The maximum atomic E-state index is 12.3.